The van der Waals surface area contributed by atoms with E-state index in [1.165, 1.54) is 11.8 Å². The van der Waals surface area contributed by atoms with Gasteiger partial charge in [0.25, 0.3) is 0 Å². The summed E-state index contributed by atoms with van der Waals surface area (Å²) in [6.45, 7) is 7.34. The average Bonchev–Trinajstić information content (AvgIpc) is 2.29. The molecule has 1 atom stereocenters. The fourth-order valence-electron chi connectivity index (χ4n) is 1.36. The second kappa shape index (κ2) is 7.13. The van der Waals surface area contributed by atoms with E-state index in [-0.39, 0.29) is 16.7 Å². The van der Waals surface area contributed by atoms with Gasteiger partial charge in [0.05, 0.1) is 5.25 Å². The SMILES string of the molecule is C[C@H](Sc1ccc(Br)cc1)C(=O)NC(=O)NC(C)(C)C. The van der Waals surface area contributed by atoms with Crippen molar-refractivity contribution in [1.29, 1.82) is 0 Å². The van der Waals surface area contributed by atoms with E-state index in [9.17, 15) is 9.59 Å². The van der Waals surface area contributed by atoms with Crippen LogP contribution in [0.15, 0.2) is 33.6 Å². The molecular formula is C14H19BrN2O2S. The normalized spacial score (nSPS) is 12.7. The lowest BCUT2D eigenvalue weighted by molar-refractivity contribution is -0.119. The largest absolute Gasteiger partial charge is 0.333 e. The summed E-state index contributed by atoms with van der Waals surface area (Å²) in [6.07, 6.45) is 0. The first-order chi connectivity index (χ1) is 9.17. The van der Waals surface area contributed by atoms with Crippen molar-refractivity contribution in [3.05, 3.63) is 28.7 Å². The molecule has 110 valence electrons. The number of carbonyl (C=O) groups excluding carboxylic acids is 2. The predicted molar refractivity (Wildman–Crippen MR) is 85.9 cm³/mol. The summed E-state index contributed by atoms with van der Waals surface area (Å²) in [7, 11) is 0. The van der Waals surface area contributed by atoms with Crippen LogP contribution in [0.1, 0.15) is 27.7 Å². The lowest BCUT2D eigenvalue weighted by Crippen LogP contribution is -2.49. The molecule has 0 aliphatic rings. The number of imide groups is 1. The minimum Gasteiger partial charge on any atom is -0.333 e. The zero-order chi connectivity index (χ0) is 15.3. The second-order valence-corrected chi connectivity index (χ2v) is 7.74. The highest BCUT2D eigenvalue weighted by molar-refractivity contribution is 9.10. The van der Waals surface area contributed by atoms with Gasteiger partial charge >= 0.3 is 6.03 Å². The molecule has 0 bridgehead atoms. The molecule has 4 nitrogen and oxygen atoms in total. The second-order valence-electron chi connectivity index (χ2n) is 5.41. The van der Waals surface area contributed by atoms with Crippen molar-refractivity contribution in [1.82, 2.24) is 10.6 Å². The van der Waals surface area contributed by atoms with Crippen molar-refractivity contribution in [2.45, 2.75) is 43.4 Å². The first kappa shape index (κ1) is 17.0. The molecule has 0 aliphatic carbocycles. The molecule has 0 heterocycles. The van der Waals surface area contributed by atoms with Crippen molar-refractivity contribution >= 4 is 39.6 Å². The Kier molecular flexibility index (Phi) is 6.07. The molecular weight excluding hydrogens is 340 g/mol. The van der Waals surface area contributed by atoms with Gasteiger partial charge in [-0.3, -0.25) is 10.1 Å². The van der Waals surface area contributed by atoms with Gasteiger partial charge in [-0.05, 0) is 52.0 Å². The van der Waals surface area contributed by atoms with E-state index >= 15 is 0 Å². The van der Waals surface area contributed by atoms with E-state index in [0.29, 0.717) is 0 Å². The number of rotatable bonds is 3. The van der Waals surface area contributed by atoms with Crippen LogP contribution in [0.4, 0.5) is 4.79 Å². The van der Waals surface area contributed by atoms with Crippen LogP contribution in [-0.2, 0) is 4.79 Å². The van der Waals surface area contributed by atoms with Crippen molar-refractivity contribution in [3.8, 4) is 0 Å². The minimum atomic E-state index is -0.467. The molecule has 1 aromatic rings. The standard InChI is InChI=1S/C14H19BrN2O2S/c1-9(20-11-7-5-10(15)6-8-11)12(18)16-13(19)17-14(2,3)4/h5-9H,1-4H3,(H2,16,17,18,19)/t9-/m0/s1. The highest BCUT2D eigenvalue weighted by Crippen LogP contribution is 2.24. The molecule has 6 heteroatoms. The van der Waals surface area contributed by atoms with Crippen molar-refractivity contribution in [3.63, 3.8) is 0 Å². The molecule has 0 radical (unpaired) electrons. The van der Waals surface area contributed by atoms with E-state index in [0.717, 1.165) is 9.37 Å². The summed E-state index contributed by atoms with van der Waals surface area (Å²) >= 11 is 4.77. The summed E-state index contributed by atoms with van der Waals surface area (Å²) in [5.41, 5.74) is -0.369. The lowest BCUT2D eigenvalue weighted by Gasteiger charge is -2.21. The lowest BCUT2D eigenvalue weighted by atomic mass is 10.1. The van der Waals surface area contributed by atoms with Crippen LogP contribution in [0.2, 0.25) is 0 Å². The Morgan fingerprint density at radius 1 is 1.20 bits per heavy atom. The number of nitrogens with one attached hydrogen (secondary N) is 2. The first-order valence-electron chi connectivity index (χ1n) is 6.22. The Morgan fingerprint density at radius 2 is 1.75 bits per heavy atom. The molecule has 3 amide bonds. The average molecular weight is 359 g/mol. The van der Waals surface area contributed by atoms with Crippen LogP contribution in [-0.4, -0.2) is 22.7 Å². The summed E-state index contributed by atoms with van der Waals surface area (Å²) in [6, 6.07) is 7.21. The Hall–Kier alpha value is -1.01. The van der Waals surface area contributed by atoms with E-state index < -0.39 is 6.03 Å². The van der Waals surface area contributed by atoms with E-state index in [1.54, 1.807) is 6.92 Å². The highest BCUT2D eigenvalue weighted by atomic mass is 79.9. The van der Waals surface area contributed by atoms with Crippen molar-refractivity contribution < 1.29 is 9.59 Å². The summed E-state index contributed by atoms with van der Waals surface area (Å²) in [5, 5.41) is 4.69. The van der Waals surface area contributed by atoms with Crippen LogP contribution in [0.5, 0.6) is 0 Å². The van der Waals surface area contributed by atoms with Gasteiger partial charge in [-0.1, -0.05) is 15.9 Å². The van der Waals surface area contributed by atoms with Crippen molar-refractivity contribution in [2.75, 3.05) is 0 Å². The van der Waals surface area contributed by atoms with Gasteiger partial charge in [0.1, 0.15) is 0 Å². The Morgan fingerprint density at radius 3 is 2.25 bits per heavy atom. The number of benzene rings is 1. The molecule has 1 aromatic carbocycles. The molecule has 0 aliphatic heterocycles. The third-order valence-corrected chi connectivity index (χ3v) is 3.86. The van der Waals surface area contributed by atoms with Crippen LogP contribution in [0.3, 0.4) is 0 Å². The molecule has 1 rings (SSSR count). The quantitative estimate of drug-likeness (QED) is 0.812. The smallest absolute Gasteiger partial charge is 0.321 e. The summed E-state index contributed by atoms with van der Waals surface area (Å²) in [4.78, 5) is 24.5. The van der Waals surface area contributed by atoms with E-state index in [2.05, 4.69) is 26.6 Å². The fourth-order valence-corrected chi connectivity index (χ4v) is 2.49. The molecule has 0 saturated heterocycles. The maximum absolute atomic E-state index is 11.9. The molecule has 0 saturated carbocycles. The number of halogens is 1. The number of urea groups is 1. The Bertz CT molecular complexity index is 483. The number of hydrogen-bond acceptors (Lipinski definition) is 3. The fraction of sp³-hybridized carbons (Fsp3) is 0.429. The number of hydrogen-bond donors (Lipinski definition) is 2. The van der Waals surface area contributed by atoms with Gasteiger partial charge < -0.3 is 5.32 Å². The van der Waals surface area contributed by atoms with Gasteiger partial charge in [0.2, 0.25) is 5.91 Å². The van der Waals surface area contributed by atoms with Gasteiger partial charge in [0.15, 0.2) is 0 Å². The summed E-state index contributed by atoms with van der Waals surface area (Å²) in [5.74, 6) is -0.306. The van der Waals surface area contributed by atoms with Crippen molar-refractivity contribution in [2.24, 2.45) is 0 Å². The number of carbonyl (C=O) groups is 2. The minimum absolute atomic E-state index is 0.306. The molecule has 0 spiro atoms. The number of thioether (sulfide) groups is 1. The molecule has 2 N–H and O–H groups in total. The van der Waals surface area contributed by atoms with Crippen LogP contribution in [0, 0.1) is 0 Å². The molecule has 0 unspecified atom stereocenters. The van der Waals surface area contributed by atoms with Gasteiger partial charge in [-0.2, -0.15) is 0 Å². The van der Waals surface area contributed by atoms with Gasteiger partial charge in [-0.15, -0.1) is 11.8 Å². The first-order valence-corrected chi connectivity index (χ1v) is 7.90. The summed E-state index contributed by atoms with van der Waals surface area (Å²) < 4.78 is 0.989. The topological polar surface area (TPSA) is 58.2 Å². The monoisotopic (exact) mass is 358 g/mol. The molecule has 0 aromatic heterocycles. The van der Waals surface area contributed by atoms with Crippen LogP contribution in [0.25, 0.3) is 0 Å². The molecule has 0 fully saturated rings. The zero-order valence-corrected chi connectivity index (χ0v) is 14.4. The molecule has 20 heavy (non-hydrogen) atoms. The van der Waals surface area contributed by atoms with Gasteiger partial charge in [-0.25, -0.2) is 4.79 Å². The van der Waals surface area contributed by atoms with Crippen LogP contribution < -0.4 is 10.6 Å². The zero-order valence-electron chi connectivity index (χ0n) is 12.0. The maximum atomic E-state index is 11.9. The van der Waals surface area contributed by atoms with E-state index in [1.807, 2.05) is 45.0 Å². The third kappa shape index (κ3) is 6.43. The van der Waals surface area contributed by atoms with Crippen LogP contribution >= 0.6 is 27.7 Å². The highest BCUT2D eigenvalue weighted by Gasteiger charge is 2.19. The Balaban J connectivity index is 2.51. The van der Waals surface area contributed by atoms with Gasteiger partial charge in [0, 0.05) is 14.9 Å². The third-order valence-electron chi connectivity index (χ3n) is 2.22. The maximum Gasteiger partial charge on any atom is 0.321 e. The Labute approximate surface area is 132 Å². The number of amides is 3. The van der Waals surface area contributed by atoms with E-state index in [4.69, 9.17) is 0 Å². The predicted octanol–water partition coefficient (Wildman–Crippen LogP) is 3.55.